The van der Waals surface area contributed by atoms with Crippen molar-refractivity contribution in [2.45, 2.75) is 6.92 Å². The lowest BCUT2D eigenvalue weighted by atomic mass is 10.3. The molecule has 0 atom stereocenters. The fourth-order valence-corrected chi connectivity index (χ4v) is 2.04. The SMILES string of the molecule is Cc1cc(N)nn1-c1c(F)cc(F)cc1Br. The number of hydrogen-bond acceptors (Lipinski definition) is 2. The Morgan fingerprint density at radius 3 is 2.50 bits per heavy atom. The maximum absolute atomic E-state index is 13.6. The molecule has 0 aliphatic rings. The van der Waals surface area contributed by atoms with Crippen molar-refractivity contribution < 1.29 is 8.78 Å². The maximum atomic E-state index is 13.6. The van der Waals surface area contributed by atoms with Crippen LogP contribution in [0, 0.1) is 18.6 Å². The molecule has 0 radical (unpaired) electrons. The minimum atomic E-state index is -0.696. The smallest absolute Gasteiger partial charge is 0.152 e. The van der Waals surface area contributed by atoms with Crippen LogP contribution in [-0.4, -0.2) is 9.78 Å². The molecule has 3 nitrogen and oxygen atoms in total. The van der Waals surface area contributed by atoms with Gasteiger partial charge in [0.2, 0.25) is 0 Å². The molecule has 1 heterocycles. The average molecular weight is 288 g/mol. The van der Waals surface area contributed by atoms with Crippen molar-refractivity contribution in [1.82, 2.24) is 9.78 Å². The molecule has 0 aliphatic heterocycles. The molecule has 0 amide bonds. The van der Waals surface area contributed by atoms with Gasteiger partial charge in [-0.05, 0) is 28.9 Å². The van der Waals surface area contributed by atoms with Crippen molar-refractivity contribution in [2.75, 3.05) is 5.73 Å². The summed E-state index contributed by atoms with van der Waals surface area (Å²) in [6.45, 7) is 1.73. The summed E-state index contributed by atoms with van der Waals surface area (Å²) >= 11 is 3.10. The molecule has 6 heteroatoms. The quantitative estimate of drug-likeness (QED) is 0.877. The zero-order valence-electron chi connectivity index (χ0n) is 8.34. The average Bonchev–Trinajstić information content (AvgIpc) is 2.43. The van der Waals surface area contributed by atoms with Crippen molar-refractivity contribution in [3.05, 3.63) is 40.0 Å². The van der Waals surface area contributed by atoms with E-state index in [4.69, 9.17) is 5.73 Å². The Morgan fingerprint density at radius 1 is 1.31 bits per heavy atom. The molecule has 1 aromatic heterocycles. The van der Waals surface area contributed by atoms with Gasteiger partial charge in [0.15, 0.2) is 5.82 Å². The predicted octanol–water partition coefficient (Wildman–Crippen LogP) is 2.80. The third-order valence-electron chi connectivity index (χ3n) is 2.10. The number of nitrogens with zero attached hydrogens (tertiary/aromatic N) is 2. The molecular formula is C10H8BrF2N3. The number of benzene rings is 1. The van der Waals surface area contributed by atoms with Crippen molar-refractivity contribution >= 4 is 21.7 Å². The first-order valence-corrected chi connectivity index (χ1v) is 5.25. The predicted molar refractivity (Wildman–Crippen MR) is 60.3 cm³/mol. The van der Waals surface area contributed by atoms with Gasteiger partial charge in [-0.2, -0.15) is 5.10 Å². The van der Waals surface area contributed by atoms with Crippen LogP contribution in [0.25, 0.3) is 5.69 Å². The highest BCUT2D eigenvalue weighted by molar-refractivity contribution is 9.10. The number of halogens is 3. The van der Waals surface area contributed by atoms with Crippen LogP contribution in [0.2, 0.25) is 0 Å². The number of rotatable bonds is 1. The van der Waals surface area contributed by atoms with E-state index in [-0.39, 0.29) is 16.0 Å². The van der Waals surface area contributed by atoms with Gasteiger partial charge in [0, 0.05) is 22.3 Å². The number of aryl methyl sites for hydroxylation is 1. The van der Waals surface area contributed by atoms with Gasteiger partial charge in [0.05, 0.1) is 0 Å². The fraction of sp³-hybridized carbons (Fsp3) is 0.100. The molecule has 1 aromatic carbocycles. The third-order valence-corrected chi connectivity index (χ3v) is 2.70. The van der Waals surface area contributed by atoms with E-state index in [1.54, 1.807) is 13.0 Å². The molecular weight excluding hydrogens is 280 g/mol. The highest BCUT2D eigenvalue weighted by Gasteiger charge is 2.14. The van der Waals surface area contributed by atoms with Gasteiger partial charge in [0.25, 0.3) is 0 Å². The highest BCUT2D eigenvalue weighted by atomic mass is 79.9. The van der Waals surface area contributed by atoms with Gasteiger partial charge in [-0.15, -0.1) is 0 Å². The number of nitrogens with two attached hydrogens (primary N) is 1. The summed E-state index contributed by atoms with van der Waals surface area (Å²) in [7, 11) is 0. The molecule has 2 aromatic rings. The first kappa shape index (κ1) is 11.1. The van der Waals surface area contributed by atoms with E-state index in [0.29, 0.717) is 5.69 Å². The molecule has 0 unspecified atom stereocenters. The van der Waals surface area contributed by atoms with Gasteiger partial charge in [-0.1, -0.05) is 0 Å². The van der Waals surface area contributed by atoms with Gasteiger partial charge in [0.1, 0.15) is 17.3 Å². The van der Waals surface area contributed by atoms with Crippen molar-refractivity contribution in [3.63, 3.8) is 0 Å². The van der Waals surface area contributed by atoms with Crippen LogP contribution in [0.1, 0.15) is 5.69 Å². The van der Waals surface area contributed by atoms with E-state index in [1.165, 1.54) is 10.7 Å². The van der Waals surface area contributed by atoms with Gasteiger partial charge >= 0.3 is 0 Å². The number of anilines is 1. The summed E-state index contributed by atoms with van der Waals surface area (Å²) in [6, 6.07) is 3.59. The van der Waals surface area contributed by atoms with E-state index in [0.717, 1.165) is 6.07 Å². The molecule has 2 rings (SSSR count). The summed E-state index contributed by atoms with van der Waals surface area (Å²) in [6.07, 6.45) is 0. The summed E-state index contributed by atoms with van der Waals surface area (Å²) < 4.78 is 28.1. The Morgan fingerprint density at radius 2 is 2.00 bits per heavy atom. The van der Waals surface area contributed by atoms with Crippen LogP contribution >= 0.6 is 15.9 Å². The largest absolute Gasteiger partial charge is 0.382 e. The number of nitrogen functional groups attached to an aromatic ring is 1. The first-order chi connectivity index (χ1) is 7.49. The van der Waals surface area contributed by atoms with E-state index in [2.05, 4.69) is 21.0 Å². The Kier molecular flexibility index (Phi) is 2.67. The minimum Gasteiger partial charge on any atom is -0.382 e. The van der Waals surface area contributed by atoms with Crippen LogP contribution in [0.15, 0.2) is 22.7 Å². The van der Waals surface area contributed by atoms with Crippen molar-refractivity contribution in [2.24, 2.45) is 0 Å². The van der Waals surface area contributed by atoms with Crippen LogP contribution < -0.4 is 5.73 Å². The number of aromatic nitrogens is 2. The fourth-order valence-electron chi connectivity index (χ4n) is 1.46. The Labute approximate surface area is 99.0 Å². The Bertz CT molecular complexity index is 528. The second-order valence-corrected chi connectivity index (χ2v) is 4.19. The minimum absolute atomic E-state index is 0.149. The standard InChI is InChI=1S/C10H8BrF2N3/c1-5-2-9(14)15-16(5)10-7(11)3-6(12)4-8(10)13/h2-4H,1H3,(H2,14,15). The Hall–Kier alpha value is -1.43. The molecule has 16 heavy (non-hydrogen) atoms. The summed E-state index contributed by atoms with van der Waals surface area (Å²) in [5, 5.41) is 3.93. The molecule has 0 bridgehead atoms. The molecule has 2 N–H and O–H groups in total. The summed E-state index contributed by atoms with van der Waals surface area (Å²) in [4.78, 5) is 0. The molecule has 0 saturated carbocycles. The topological polar surface area (TPSA) is 43.8 Å². The molecule has 0 saturated heterocycles. The third kappa shape index (κ3) is 1.80. The molecule has 0 spiro atoms. The highest BCUT2D eigenvalue weighted by Crippen LogP contribution is 2.26. The monoisotopic (exact) mass is 287 g/mol. The van der Waals surface area contributed by atoms with Gasteiger partial charge in [-0.25, -0.2) is 13.5 Å². The van der Waals surface area contributed by atoms with E-state index in [1.807, 2.05) is 0 Å². The zero-order chi connectivity index (χ0) is 11.9. The molecule has 84 valence electrons. The maximum Gasteiger partial charge on any atom is 0.152 e. The second kappa shape index (κ2) is 3.86. The van der Waals surface area contributed by atoms with Crippen molar-refractivity contribution in [1.29, 1.82) is 0 Å². The van der Waals surface area contributed by atoms with Gasteiger partial charge < -0.3 is 5.73 Å². The van der Waals surface area contributed by atoms with E-state index in [9.17, 15) is 8.78 Å². The summed E-state index contributed by atoms with van der Waals surface area (Å²) in [5.74, 6) is -1.06. The lowest BCUT2D eigenvalue weighted by molar-refractivity contribution is 0.570. The Balaban J connectivity index is 2.69. The van der Waals surface area contributed by atoms with E-state index >= 15 is 0 Å². The lowest BCUT2D eigenvalue weighted by Gasteiger charge is -2.08. The summed E-state index contributed by atoms with van der Waals surface area (Å²) in [5.41, 5.74) is 6.32. The van der Waals surface area contributed by atoms with Crippen molar-refractivity contribution in [3.8, 4) is 5.69 Å². The first-order valence-electron chi connectivity index (χ1n) is 4.46. The van der Waals surface area contributed by atoms with Crippen LogP contribution in [0.5, 0.6) is 0 Å². The van der Waals surface area contributed by atoms with Crippen LogP contribution in [0.4, 0.5) is 14.6 Å². The van der Waals surface area contributed by atoms with Crippen LogP contribution in [-0.2, 0) is 0 Å². The zero-order valence-corrected chi connectivity index (χ0v) is 9.92. The molecule has 0 aliphatic carbocycles. The van der Waals surface area contributed by atoms with Gasteiger partial charge in [-0.3, -0.25) is 0 Å². The normalized spacial score (nSPS) is 10.8. The molecule has 0 fully saturated rings. The van der Waals surface area contributed by atoms with E-state index < -0.39 is 11.6 Å². The lowest BCUT2D eigenvalue weighted by Crippen LogP contribution is -2.04. The number of hydrogen-bond donors (Lipinski definition) is 1. The van der Waals surface area contributed by atoms with Crippen LogP contribution in [0.3, 0.4) is 0 Å². The second-order valence-electron chi connectivity index (χ2n) is 3.34.